The molecule has 0 aliphatic carbocycles. The Balaban J connectivity index is 3.76. The SMILES string of the molecule is CCS(=O)(=O)CC(C)NOCC(N)=O. The molecular weight excluding hydrogens is 208 g/mol. The van der Waals surface area contributed by atoms with E-state index in [1.807, 2.05) is 0 Å². The lowest BCUT2D eigenvalue weighted by molar-refractivity contribution is -0.125. The van der Waals surface area contributed by atoms with E-state index in [2.05, 4.69) is 10.3 Å². The van der Waals surface area contributed by atoms with E-state index >= 15 is 0 Å². The molecule has 1 atom stereocenters. The monoisotopic (exact) mass is 224 g/mol. The van der Waals surface area contributed by atoms with Gasteiger partial charge in [-0.25, -0.2) is 8.42 Å². The number of nitrogens with two attached hydrogens (primary N) is 1. The summed E-state index contributed by atoms with van der Waals surface area (Å²) in [5.41, 5.74) is 7.23. The second kappa shape index (κ2) is 5.94. The summed E-state index contributed by atoms with van der Waals surface area (Å²) in [6, 6.07) is -0.362. The first-order valence-corrected chi connectivity index (χ1v) is 6.05. The molecule has 0 fully saturated rings. The van der Waals surface area contributed by atoms with Crippen LogP contribution in [0.1, 0.15) is 13.8 Å². The fourth-order valence-corrected chi connectivity index (χ4v) is 1.85. The van der Waals surface area contributed by atoms with Gasteiger partial charge < -0.3 is 5.73 Å². The number of sulfone groups is 1. The first-order valence-electron chi connectivity index (χ1n) is 4.23. The quantitative estimate of drug-likeness (QED) is 0.530. The summed E-state index contributed by atoms with van der Waals surface area (Å²) in [6.07, 6.45) is 0. The number of rotatable bonds is 7. The second-order valence-corrected chi connectivity index (χ2v) is 5.37. The Hall–Kier alpha value is -0.660. The summed E-state index contributed by atoms with van der Waals surface area (Å²) in [4.78, 5) is 14.9. The second-order valence-electron chi connectivity index (χ2n) is 2.97. The van der Waals surface area contributed by atoms with Gasteiger partial charge in [0.25, 0.3) is 0 Å². The molecule has 0 rings (SSSR count). The molecule has 0 saturated heterocycles. The van der Waals surface area contributed by atoms with E-state index in [1.165, 1.54) is 0 Å². The Morgan fingerprint density at radius 2 is 2.14 bits per heavy atom. The van der Waals surface area contributed by atoms with Crippen molar-refractivity contribution in [1.29, 1.82) is 0 Å². The van der Waals surface area contributed by atoms with Crippen molar-refractivity contribution in [1.82, 2.24) is 5.48 Å². The fourth-order valence-electron chi connectivity index (χ4n) is 0.788. The molecule has 0 aromatic carbocycles. The number of carbonyl (C=O) groups excluding carboxylic acids is 1. The smallest absolute Gasteiger partial charge is 0.245 e. The highest BCUT2D eigenvalue weighted by molar-refractivity contribution is 7.91. The van der Waals surface area contributed by atoms with Crippen LogP contribution in [0.3, 0.4) is 0 Å². The van der Waals surface area contributed by atoms with Gasteiger partial charge in [0, 0.05) is 11.8 Å². The number of carbonyl (C=O) groups is 1. The number of primary amides is 1. The third-order valence-electron chi connectivity index (χ3n) is 1.44. The summed E-state index contributed by atoms with van der Waals surface area (Å²) in [7, 11) is -3.03. The van der Waals surface area contributed by atoms with Crippen LogP contribution in [0.5, 0.6) is 0 Å². The molecule has 0 aromatic rings. The zero-order valence-electron chi connectivity index (χ0n) is 8.32. The van der Waals surface area contributed by atoms with E-state index in [1.54, 1.807) is 13.8 Å². The molecule has 0 aliphatic rings. The minimum absolute atomic E-state index is 0.0255. The molecule has 0 spiro atoms. The van der Waals surface area contributed by atoms with Gasteiger partial charge in [-0.05, 0) is 6.92 Å². The Bertz CT molecular complexity index is 275. The van der Waals surface area contributed by atoms with Crippen LogP contribution in [-0.4, -0.2) is 38.5 Å². The summed E-state index contributed by atoms with van der Waals surface area (Å²) in [5.74, 6) is -0.542. The average molecular weight is 224 g/mol. The normalized spacial score (nSPS) is 13.9. The van der Waals surface area contributed by atoms with Crippen LogP contribution < -0.4 is 11.2 Å². The summed E-state index contributed by atoms with van der Waals surface area (Å²) in [5, 5.41) is 0. The van der Waals surface area contributed by atoms with E-state index in [0.29, 0.717) is 0 Å². The van der Waals surface area contributed by atoms with Crippen LogP contribution >= 0.6 is 0 Å². The molecule has 7 heteroatoms. The molecular formula is C7H16N2O4S. The molecule has 84 valence electrons. The average Bonchev–Trinajstić information content (AvgIpc) is 2.02. The van der Waals surface area contributed by atoms with Crippen molar-refractivity contribution in [2.75, 3.05) is 18.1 Å². The maximum atomic E-state index is 11.1. The van der Waals surface area contributed by atoms with Crippen LogP contribution in [0.15, 0.2) is 0 Å². The van der Waals surface area contributed by atoms with E-state index in [0.717, 1.165) is 0 Å². The lowest BCUT2D eigenvalue weighted by atomic mass is 10.4. The van der Waals surface area contributed by atoms with Gasteiger partial charge in [0.2, 0.25) is 5.91 Å². The van der Waals surface area contributed by atoms with Crippen LogP contribution in [0.25, 0.3) is 0 Å². The van der Waals surface area contributed by atoms with Crippen LogP contribution in [0.2, 0.25) is 0 Å². The molecule has 0 saturated carbocycles. The van der Waals surface area contributed by atoms with Crippen molar-refractivity contribution in [2.24, 2.45) is 5.73 Å². The van der Waals surface area contributed by atoms with Gasteiger partial charge in [0.1, 0.15) is 6.61 Å². The summed E-state index contributed by atoms with van der Waals surface area (Å²) in [6.45, 7) is 2.96. The predicted octanol–water partition coefficient (Wildman–Crippen LogP) is -1.18. The third-order valence-corrected chi connectivity index (χ3v) is 3.33. The molecule has 6 nitrogen and oxygen atoms in total. The third kappa shape index (κ3) is 6.81. The van der Waals surface area contributed by atoms with Gasteiger partial charge >= 0.3 is 0 Å². The number of nitrogens with one attached hydrogen (secondary N) is 1. The maximum absolute atomic E-state index is 11.1. The van der Waals surface area contributed by atoms with Crippen molar-refractivity contribution in [2.45, 2.75) is 19.9 Å². The van der Waals surface area contributed by atoms with Crippen LogP contribution in [0, 0.1) is 0 Å². The van der Waals surface area contributed by atoms with Gasteiger partial charge in [-0.3, -0.25) is 9.63 Å². The Morgan fingerprint density at radius 1 is 1.57 bits per heavy atom. The number of hydrogen-bond acceptors (Lipinski definition) is 5. The molecule has 3 N–H and O–H groups in total. The van der Waals surface area contributed by atoms with Crippen molar-refractivity contribution in [3.05, 3.63) is 0 Å². The van der Waals surface area contributed by atoms with Crippen molar-refractivity contribution in [3.8, 4) is 0 Å². The van der Waals surface area contributed by atoms with Gasteiger partial charge in [0.15, 0.2) is 9.84 Å². The summed E-state index contributed by atoms with van der Waals surface area (Å²) < 4.78 is 22.2. The topological polar surface area (TPSA) is 98.5 Å². The molecule has 1 amide bonds. The largest absolute Gasteiger partial charge is 0.368 e. The minimum Gasteiger partial charge on any atom is -0.368 e. The molecule has 1 unspecified atom stereocenters. The Morgan fingerprint density at radius 3 is 2.57 bits per heavy atom. The van der Waals surface area contributed by atoms with E-state index < -0.39 is 15.7 Å². The first kappa shape index (κ1) is 13.3. The zero-order valence-corrected chi connectivity index (χ0v) is 9.13. The predicted molar refractivity (Wildman–Crippen MR) is 52.1 cm³/mol. The van der Waals surface area contributed by atoms with Gasteiger partial charge in [-0.1, -0.05) is 6.92 Å². The Kier molecular flexibility index (Phi) is 5.66. The van der Waals surface area contributed by atoms with E-state index in [9.17, 15) is 13.2 Å². The maximum Gasteiger partial charge on any atom is 0.245 e. The minimum atomic E-state index is -3.03. The van der Waals surface area contributed by atoms with Gasteiger partial charge in [-0.2, -0.15) is 5.48 Å². The van der Waals surface area contributed by atoms with E-state index in [4.69, 9.17) is 5.73 Å². The molecule has 0 heterocycles. The van der Waals surface area contributed by atoms with Gasteiger partial charge in [0.05, 0.1) is 5.75 Å². The standard InChI is InChI=1S/C7H16N2O4S/c1-3-14(11,12)5-6(2)9-13-4-7(8)10/h6,9H,3-5H2,1-2H3,(H2,8,10). The fraction of sp³-hybridized carbons (Fsp3) is 0.857. The molecule has 0 aliphatic heterocycles. The zero-order chi connectivity index (χ0) is 11.2. The molecule has 0 bridgehead atoms. The van der Waals surface area contributed by atoms with E-state index in [-0.39, 0.29) is 24.2 Å². The highest BCUT2D eigenvalue weighted by Crippen LogP contribution is 1.93. The van der Waals surface area contributed by atoms with Crippen LogP contribution in [-0.2, 0) is 19.5 Å². The van der Waals surface area contributed by atoms with Crippen LogP contribution in [0.4, 0.5) is 0 Å². The highest BCUT2D eigenvalue weighted by atomic mass is 32.2. The lowest BCUT2D eigenvalue weighted by Crippen LogP contribution is -2.36. The molecule has 0 radical (unpaired) electrons. The lowest BCUT2D eigenvalue weighted by Gasteiger charge is -2.12. The Labute approximate surface area is 83.7 Å². The number of hydroxylamine groups is 1. The number of hydrogen-bond donors (Lipinski definition) is 2. The summed E-state index contributed by atoms with van der Waals surface area (Å²) >= 11 is 0. The van der Waals surface area contributed by atoms with Crippen molar-refractivity contribution < 1.29 is 18.0 Å². The highest BCUT2D eigenvalue weighted by Gasteiger charge is 2.13. The molecule has 14 heavy (non-hydrogen) atoms. The first-order chi connectivity index (χ1) is 6.37. The number of amides is 1. The van der Waals surface area contributed by atoms with Gasteiger partial charge in [-0.15, -0.1) is 0 Å². The van der Waals surface area contributed by atoms with Crippen molar-refractivity contribution in [3.63, 3.8) is 0 Å². The van der Waals surface area contributed by atoms with Crippen molar-refractivity contribution >= 4 is 15.7 Å². The molecule has 0 aromatic heterocycles.